The Morgan fingerprint density at radius 2 is 2.27 bits per heavy atom. The van der Waals surface area contributed by atoms with Crippen LogP contribution in [0.3, 0.4) is 0 Å². The van der Waals surface area contributed by atoms with Crippen molar-refractivity contribution in [2.75, 3.05) is 13.1 Å². The third-order valence-electron chi connectivity index (χ3n) is 3.98. The maximum atomic E-state index is 4.68. The van der Waals surface area contributed by atoms with Gasteiger partial charge < -0.3 is 15.2 Å². The molecule has 1 aliphatic rings. The molecule has 0 spiro atoms. The van der Waals surface area contributed by atoms with Crippen molar-refractivity contribution in [2.45, 2.75) is 58.0 Å². The maximum absolute atomic E-state index is 4.68. The molecule has 0 saturated heterocycles. The second kappa shape index (κ2) is 9.23. The van der Waals surface area contributed by atoms with Gasteiger partial charge in [-0.1, -0.05) is 32.3 Å². The predicted molar refractivity (Wildman–Crippen MR) is 89.9 cm³/mol. The van der Waals surface area contributed by atoms with Crippen LogP contribution >= 0.6 is 0 Å². The van der Waals surface area contributed by atoms with Gasteiger partial charge in [0.1, 0.15) is 12.2 Å². The molecule has 6 nitrogen and oxygen atoms in total. The summed E-state index contributed by atoms with van der Waals surface area (Å²) in [6.07, 6.45) is 11.0. The summed E-state index contributed by atoms with van der Waals surface area (Å²) in [4.78, 5) is 4.68. The summed E-state index contributed by atoms with van der Waals surface area (Å²) in [5.74, 6) is 1.90. The minimum Gasteiger partial charge on any atom is -0.354 e. The summed E-state index contributed by atoms with van der Waals surface area (Å²) >= 11 is 0. The van der Waals surface area contributed by atoms with E-state index in [4.69, 9.17) is 0 Å². The smallest absolute Gasteiger partial charge is 0.191 e. The van der Waals surface area contributed by atoms with E-state index in [1.165, 1.54) is 32.1 Å². The van der Waals surface area contributed by atoms with Crippen LogP contribution in [0.2, 0.25) is 0 Å². The normalized spacial score (nSPS) is 16.5. The van der Waals surface area contributed by atoms with Gasteiger partial charge in [0, 0.05) is 25.6 Å². The van der Waals surface area contributed by atoms with Crippen LogP contribution in [0.15, 0.2) is 24.0 Å². The Labute approximate surface area is 133 Å². The lowest BCUT2D eigenvalue weighted by molar-refractivity contribution is 0.410. The van der Waals surface area contributed by atoms with Crippen molar-refractivity contribution >= 4 is 5.96 Å². The number of rotatable bonds is 7. The van der Waals surface area contributed by atoms with Crippen molar-refractivity contribution in [3.63, 3.8) is 0 Å². The molecule has 0 unspecified atom stereocenters. The lowest BCUT2D eigenvalue weighted by Gasteiger charge is -2.25. The number of nitrogens with one attached hydrogen (secondary N) is 2. The van der Waals surface area contributed by atoms with E-state index in [1.807, 2.05) is 6.08 Å². The molecule has 1 aromatic heterocycles. The van der Waals surface area contributed by atoms with E-state index in [0.717, 1.165) is 31.3 Å². The van der Waals surface area contributed by atoms with E-state index >= 15 is 0 Å². The molecule has 1 fully saturated rings. The highest BCUT2D eigenvalue weighted by Crippen LogP contribution is 2.17. The number of aliphatic imine (C=N–C) groups is 1. The van der Waals surface area contributed by atoms with E-state index in [0.29, 0.717) is 12.6 Å². The molecule has 1 heterocycles. The molecule has 0 radical (unpaired) electrons. The fourth-order valence-electron chi connectivity index (χ4n) is 2.77. The molecule has 0 aromatic carbocycles. The van der Waals surface area contributed by atoms with Crippen LogP contribution in [-0.4, -0.2) is 39.9 Å². The van der Waals surface area contributed by atoms with Crippen LogP contribution in [0.4, 0.5) is 0 Å². The zero-order chi connectivity index (χ0) is 15.6. The third-order valence-corrected chi connectivity index (χ3v) is 3.98. The quantitative estimate of drug-likeness (QED) is 0.459. The summed E-state index contributed by atoms with van der Waals surface area (Å²) in [5.41, 5.74) is 0. The number of aromatic nitrogens is 3. The van der Waals surface area contributed by atoms with Gasteiger partial charge in [0.25, 0.3) is 0 Å². The molecule has 1 saturated carbocycles. The Bertz CT molecular complexity index is 473. The number of nitrogens with zero attached hydrogens (tertiary/aromatic N) is 4. The summed E-state index contributed by atoms with van der Waals surface area (Å²) in [5, 5.41) is 14.9. The van der Waals surface area contributed by atoms with E-state index in [9.17, 15) is 0 Å². The first-order chi connectivity index (χ1) is 10.8. The van der Waals surface area contributed by atoms with Crippen LogP contribution in [0.25, 0.3) is 0 Å². The lowest BCUT2D eigenvalue weighted by Crippen LogP contribution is -2.44. The molecular formula is C16H28N6. The Hall–Kier alpha value is -1.85. The Kier molecular flexibility index (Phi) is 6.93. The molecule has 1 aromatic rings. The van der Waals surface area contributed by atoms with Gasteiger partial charge >= 0.3 is 0 Å². The molecule has 22 heavy (non-hydrogen) atoms. The van der Waals surface area contributed by atoms with Gasteiger partial charge in [0.2, 0.25) is 0 Å². The molecule has 2 rings (SSSR count). The lowest BCUT2D eigenvalue weighted by atomic mass is 9.96. The average molecular weight is 304 g/mol. The van der Waals surface area contributed by atoms with Gasteiger partial charge in [-0.15, -0.1) is 16.8 Å². The molecular weight excluding hydrogens is 276 g/mol. The van der Waals surface area contributed by atoms with Crippen LogP contribution in [0.5, 0.6) is 0 Å². The molecule has 1 aliphatic carbocycles. The van der Waals surface area contributed by atoms with Gasteiger partial charge in [0.05, 0.1) is 6.54 Å². The minimum absolute atomic E-state index is 0.547. The SMILES string of the molecule is C=CCNC(=NCCn1cnnc1CC)NC1CCCCC1. The van der Waals surface area contributed by atoms with Gasteiger partial charge in [0.15, 0.2) is 5.96 Å². The van der Waals surface area contributed by atoms with Crippen molar-refractivity contribution in [3.8, 4) is 0 Å². The first-order valence-electron chi connectivity index (χ1n) is 8.36. The molecule has 0 amide bonds. The monoisotopic (exact) mass is 304 g/mol. The number of aryl methyl sites for hydroxylation is 1. The summed E-state index contributed by atoms with van der Waals surface area (Å²) in [7, 11) is 0. The summed E-state index contributed by atoms with van der Waals surface area (Å²) < 4.78 is 2.06. The number of hydrogen-bond acceptors (Lipinski definition) is 3. The zero-order valence-electron chi connectivity index (χ0n) is 13.6. The molecule has 0 atom stereocenters. The highest BCUT2D eigenvalue weighted by atomic mass is 15.3. The molecule has 6 heteroatoms. The fourth-order valence-corrected chi connectivity index (χ4v) is 2.77. The second-order valence-electron chi connectivity index (χ2n) is 5.67. The first-order valence-corrected chi connectivity index (χ1v) is 8.36. The Balaban J connectivity index is 1.87. The van der Waals surface area contributed by atoms with Gasteiger partial charge in [-0.2, -0.15) is 0 Å². The molecule has 0 bridgehead atoms. The van der Waals surface area contributed by atoms with Gasteiger partial charge in [-0.3, -0.25) is 4.99 Å². The molecule has 122 valence electrons. The van der Waals surface area contributed by atoms with Crippen LogP contribution in [-0.2, 0) is 13.0 Å². The molecule has 0 aliphatic heterocycles. The predicted octanol–water partition coefficient (Wildman–Crippen LogP) is 1.89. The van der Waals surface area contributed by atoms with Crippen molar-refractivity contribution in [3.05, 3.63) is 24.8 Å². The summed E-state index contributed by atoms with van der Waals surface area (Å²) in [6, 6.07) is 0.547. The zero-order valence-corrected chi connectivity index (χ0v) is 13.6. The van der Waals surface area contributed by atoms with Gasteiger partial charge in [-0.05, 0) is 12.8 Å². The standard InChI is InChI=1S/C16H28N6/c1-3-10-17-16(20-14-8-6-5-7-9-14)18-11-12-22-13-19-21-15(22)4-2/h3,13-14H,1,4-12H2,2H3,(H2,17,18,20). The van der Waals surface area contributed by atoms with Gasteiger partial charge in [-0.25, -0.2) is 0 Å². The fraction of sp³-hybridized carbons (Fsp3) is 0.688. The van der Waals surface area contributed by atoms with E-state index in [1.54, 1.807) is 6.33 Å². The average Bonchev–Trinajstić information content (AvgIpc) is 3.01. The second-order valence-corrected chi connectivity index (χ2v) is 5.67. The van der Waals surface area contributed by atoms with Crippen molar-refractivity contribution in [1.29, 1.82) is 0 Å². The highest BCUT2D eigenvalue weighted by molar-refractivity contribution is 5.80. The van der Waals surface area contributed by atoms with E-state index in [-0.39, 0.29) is 0 Å². The van der Waals surface area contributed by atoms with Crippen LogP contribution < -0.4 is 10.6 Å². The number of hydrogen-bond donors (Lipinski definition) is 2. The highest BCUT2D eigenvalue weighted by Gasteiger charge is 2.14. The summed E-state index contributed by atoms with van der Waals surface area (Å²) in [6.45, 7) is 8.09. The third kappa shape index (κ3) is 5.16. The van der Waals surface area contributed by atoms with Crippen LogP contribution in [0, 0.1) is 0 Å². The van der Waals surface area contributed by atoms with Crippen molar-refractivity contribution in [2.24, 2.45) is 4.99 Å². The van der Waals surface area contributed by atoms with E-state index < -0.39 is 0 Å². The van der Waals surface area contributed by atoms with Crippen LogP contribution in [0.1, 0.15) is 44.9 Å². The largest absolute Gasteiger partial charge is 0.354 e. The maximum Gasteiger partial charge on any atom is 0.191 e. The topological polar surface area (TPSA) is 67.1 Å². The number of guanidine groups is 1. The first kappa shape index (κ1) is 16.5. The molecule has 2 N–H and O–H groups in total. The van der Waals surface area contributed by atoms with E-state index in [2.05, 4.69) is 43.9 Å². The minimum atomic E-state index is 0.547. The Morgan fingerprint density at radius 1 is 1.45 bits per heavy atom. The van der Waals surface area contributed by atoms with Crippen molar-refractivity contribution in [1.82, 2.24) is 25.4 Å². The Morgan fingerprint density at radius 3 is 3.00 bits per heavy atom. The van der Waals surface area contributed by atoms with Crippen molar-refractivity contribution < 1.29 is 0 Å².